The number of rotatable bonds is 6. The van der Waals surface area contributed by atoms with Crippen molar-refractivity contribution in [3.05, 3.63) is 34.9 Å². The van der Waals surface area contributed by atoms with Crippen molar-refractivity contribution < 1.29 is 0 Å². The lowest BCUT2D eigenvalue weighted by atomic mass is 10.1. The maximum Gasteiger partial charge on any atom is 0.0406 e. The molecule has 0 spiro atoms. The molecule has 0 amide bonds. The Balaban J connectivity index is 2.45. The van der Waals surface area contributed by atoms with Crippen molar-refractivity contribution in [3.63, 3.8) is 0 Å². The van der Waals surface area contributed by atoms with Crippen LogP contribution < -0.4 is 5.32 Å². The smallest absolute Gasteiger partial charge is 0.0406 e. The Labute approximate surface area is 104 Å². The first kappa shape index (κ1) is 13.5. The second kappa shape index (κ2) is 6.93. The zero-order valence-corrected chi connectivity index (χ0v) is 11.2. The van der Waals surface area contributed by atoms with Crippen molar-refractivity contribution in [1.82, 2.24) is 5.32 Å². The van der Waals surface area contributed by atoms with Crippen LogP contribution in [0, 0.1) is 0 Å². The third-order valence-electron chi connectivity index (χ3n) is 2.90. The van der Waals surface area contributed by atoms with Crippen LogP contribution >= 0.6 is 11.6 Å². The number of halogens is 1. The fraction of sp³-hybridized carbons (Fsp3) is 0.571. The van der Waals surface area contributed by atoms with E-state index in [2.05, 4.69) is 38.2 Å². The Kier molecular flexibility index (Phi) is 5.86. The Morgan fingerprint density at radius 3 is 2.38 bits per heavy atom. The van der Waals surface area contributed by atoms with Gasteiger partial charge in [-0.1, -0.05) is 43.5 Å². The van der Waals surface area contributed by atoms with Crippen LogP contribution in [0.5, 0.6) is 0 Å². The summed E-state index contributed by atoms with van der Waals surface area (Å²) in [6, 6.07) is 9.05. The van der Waals surface area contributed by atoms with Crippen molar-refractivity contribution in [2.75, 3.05) is 0 Å². The highest BCUT2D eigenvalue weighted by Gasteiger charge is 2.08. The van der Waals surface area contributed by atoms with Crippen LogP contribution in [0.25, 0.3) is 0 Å². The molecule has 0 aliphatic carbocycles. The SMILES string of the molecule is CCCCC(C)N[C@@H](C)c1ccc(Cl)cc1. The fourth-order valence-corrected chi connectivity index (χ4v) is 1.99. The first-order valence-corrected chi connectivity index (χ1v) is 6.52. The monoisotopic (exact) mass is 239 g/mol. The Morgan fingerprint density at radius 2 is 1.81 bits per heavy atom. The molecule has 1 aromatic rings. The first-order valence-electron chi connectivity index (χ1n) is 6.15. The van der Waals surface area contributed by atoms with E-state index in [1.807, 2.05) is 12.1 Å². The lowest BCUT2D eigenvalue weighted by Crippen LogP contribution is -2.28. The molecule has 0 aromatic heterocycles. The molecule has 90 valence electrons. The quantitative estimate of drug-likeness (QED) is 0.767. The zero-order valence-electron chi connectivity index (χ0n) is 10.5. The predicted octanol–water partition coefficient (Wildman–Crippen LogP) is 4.57. The molecular formula is C14H22ClN. The average molecular weight is 240 g/mol. The molecule has 0 fully saturated rings. The maximum absolute atomic E-state index is 5.87. The average Bonchev–Trinajstić information content (AvgIpc) is 2.27. The molecule has 1 unspecified atom stereocenters. The predicted molar refractivity (Wildman–Crippen MR) is 72.0 cm³/mol. The van der Waals surface area contributed by atoms with Gasteiger partial charge in [-0.25, -0.2) is 0 Å². The fourth-order valence-electron chi connectivity index (χ4n) is 1.87. The van der Waals surface area contributed by atoms with Gasteiger partial charge in [0.2, 0.25) is 0 Å². The van der Waals surface area contributed by atoms with Crippen LogP contribution in [-0.2, 0) is 0 Å². The highest BCUT2D eigenvalue weighted by Crippen LogP contribution is 2.17. The summed E-state index contributed by atoms with van der Waals surface area (Å²) < 4.78 is 0. The second-order valence-electron chi connectivity index (χ2n) is 4.48. The van der Waals surface area contributed by atoms with Crippen LogP contribution in [0.2, 0.25) is 5.02 Å². The molecule has 0 bridgehead atoms. The molecule has 0 saturated carbocycles. The van der Waals surface area contributed by atoms with E-state index in [0.717, 1.165) is 5.02 Å². The molecule has 0 aliphatic heterocycles. The summed E-state index contributed by atoms with van der Waals surface area (Å²) in [5.41, 5.74) is 1.30. The van der Waals surface area contributed by atoms with Gasteiger partial charge in [-0.3, -0.25) is 0 Å². The molecular weight excluding hydrogens is 218 g/mol. The molecule has 2 atom stereocenters. The van der Waals surface area contributed by atoms with Crippen molar-refractivity contribution >= 4 is 11.6 Å². The summed E-state index contributed by atoms with van der Waals surface area (Å²) >= 11 is 5.87. The van der Waals surface area contributed by atoms with E-state index < -0.39 is 0 Å². The second-order valence-corrected chi connectivity index (χ2v) is 4.92. The maximum atomic E-state index is 5.87. The Bertz CT molecular complexity index is 294. The van der Waals surface area contributed by atoms with Crippen LogP contribution in [0.3, 0.4) is 0 Å². The van der Waals surface area contributed by atoms with Crippen molar-refractivity contribution in [1.29, 1.82) is 0 Å². The van der Waals surface area contributed by atoms with Gasteiger partial charge in [0, 0.05) is 17.1 Å². The molecule has 2 heteroatoms. The zero-order chi connectivity index (χ0) is 12.0. The molecule has 1 N–H and O–H groups in total. The van der Waals surface area contributed by atoms with Gasteiger partial charge in [-0.15, -0.1) is 0 Å². The molecule has 0 heterocycles. The highest BCUT2D eigenvalue weighted by molar-refractivity contribution is 6.30. The topological polar surface area (TPSA) is 12.0 Å². The normalized spacial score (nSPS) is 14.8. The number of nitrogens with one attached hydrogen (secondary N) is 1. The minimum absolute atomic E-state index is 0.393. The van der Waals surface area contributed by atoms with Gasteiger partial charge in [0.25, 0.3) is 0 Å². The van der Waals surface area contributed by atoms with Gasteiger partial charge in [0.15, 0.2) is 0 Å². The van der Waals surface area contributed by atoms with E-state index in [1.165, 1.54) is 24.8 Å². The van der Waals surface area contributed by atoms with Crippen LogP contribution in [0.15, 0.2) is 24.3 Å². The molecule has 1 rings (SSSR count). The summed E-state index contributed by atoms with van der Waals surface area (Å²) in [6.07, 6.45) is 3.80. The molecule has 16 heavy (non-hydrogen) atoms. The standard InChI is InChI=1S/C14H22ClN/c1-4-5-6-11(2)16-12(3)13-7-9-14(15)10-8-13/h7-12,16H,4-6H2,1-3H3/t11?,12-/m0/s1. The summed E-state index contributed by atoms with van der Waals surface area (Å²) in [5.74, 6) is 0. The van der Waals surface area contributed by atoms with Crippen LogP contribution in [-0.4, -0.2) is 6.04 Å². The molecule has 0 aliphatic rings. The first-order chi connectivity index (χ1) is 7.63. The molecule has 1 aromatic carbocycles. The van der Waals surface area contributed by atoms with E-state index in [9.17, 15) is 0 Å². The molecule has 0 saturated heterocycles. The molecule has 1 nitrogen and oxygen atoms in total. The number of hydrogen-bond donors (Lipinski definition) is 1. The third-order valence-corrected chi connectivity index (χ3v) is 3.15. The number of unbranched alkanes of at least 4 members (excludes halogenated alkanes) is 1. The third kappa shape index (κ3) is 4.54. The minimum Gasteiger partial charge on any atom is -0.308 e. The van der Waals surface area contributed by atoms with Gasteiger partial charge in [-0.05, 0) is 38.0 Å². The summed E-state index contributed by atoms with van der Waals surface area (Å²) in [4.78, 5) is 0. The van der Waals surface area contributed by atoms with E-state index in [1.54, 1.807) is 0 Å². The van der Waals surface area contributed by atoms with Gasteiger partial charge >= 0.3 is 0 Å². The van der Waals surface area contributed by atoms with Gasteiger partial charge in [0.05, 0.1) is 0 Å². The lowest BCUT2D eigenvalue weighted by Gasteiger charge is -2.20. The van der Waals surface area contributed by atoms with Crippen LogP contribution in [0.1, 0.15) is 51.6 Å². The lowest BCUT2D eigenvalue weighted by molar-refractivity contribution is 0.444. The van der Waals surface area contributed by atoms with E-state index in [-0.39, 0.29) is 0 Å². The van der Waals surface area contributed by atoms with Crippen LogP contribution in [0.4, 0.5) is 0 Å². The van der Waals surface area contributed by atoms with Crippen molar-refractivity contribution in [2.45, 2.75) is 52.1 Å². The van der Waals surface area contributed by atoms with E-state index >= 15 is 0 Å². The minimum atomic E-state index is 0.393. The van der Waals surface area contributed by atoms with Gasteiger partial charge in [0.1, 0.15) is 0 Å². The van der Waals surface area contributed by atoms with Crippen molar-refractivity contribution in [3.8, 4) is 0 Å². The number of benzene rings is 1. The summed E-state index contributed by atoms with van der Waals surface area (Å²) in [5, 5.41) is 4.41. The summed E-state index contributed by atoms with van der Waals surface area (Å²) in [6.45, 7) is 6.68. The van der Waals surface area contributed by atoms with Gasteiger partial charge < -0.3 is 5.32 Å². The Morgan fingerprint density at radius 1 is 1.19 bits per heavy atom. The Hall–Kier alpha value is -0.530. The van der Waals surface area contributed by atoms with E-state index in [0.29, 0.717) is 12.1 Å². The largest absolute Gasteiger partial charge is 0.308 e. The number of hydrogen-bond acceptors (Lipinski definition) is 1. The highest BCUT2D eigenvalue weighted by atomic mass is 35.5. The van der Waals surface area contributed by atoms with Gasteiger partial charge in [-0.2, -0.15) is 0 Å². The van der Waals surface area contributed by atoms with Crippen molar-refractivity contribution in [2.24, 2.45) is 0 Å². The van der Waals surface area contributed by atoms with E-state index in [4.69, 9.17) is 11.6 Å². The molecule has 0 radical (unpaired) electrons. The summed E-state index contributed by atoms with van der Waals surface area (Å²) in [7, 11) is 0.